The molecule has 82 valence electrons. The number of hydrogen-bond acceptors (Lipinski definition) is 4. The number of Topliss-reactive ketones (excluding diaryl/α,β-unsaturated/α-hetero) is 1. The van der Waals surface area contributed by atoms with Gasteiger partial charge in [0.2, 0.25) is 0 Å². The highest BCUT2D eigenvalue weighted by molar-refractivity contribution is 7.85. The average molecular weight is 220 g/mol. The SMILES string of the molecule is COCC(=O)CS(=O)CC1CCCO1. The Morgan fingerprint density at radius 2 is 2.43 bits per heavy atom. The molecule has 0 aromatic heterocycles. The number of ether oxygens (including phenoxy) is 2. The van der Waals surface area contributed by atoms with E-state index >= 15 is 0 Å². The van der Waals surface area contributed by atoms with Crippen LogP contribution >= 0.6 is 0 Å². The lowest BCUT2D eigenvalue weighted by Crippen LogP contribution is -2.23. The fourth-order valence-corrected chi connectivity index (χ4v) is 2.66. The first kappa shape index (κ1) is 11.8. The van der Waals surface area contributed by atoms with Crippen molar-refractivity contribution in [3.05, 3.63) is 0 Å². The van der Waals surface area contributed by atoms with E-state index in [4.69, 9.17) is 4.74 Å². The Morgan fingerprint density at radius 3 is 3.00 bits per heavy atom. The number of rotatable bonds is 6. The van der Waals surface area contributed by atoms with Gasteiger partial charge in [0.05, 0.1) is 17.6 Å². The van der Waals surface area contributed by atoms with Gasteiger partial charge in [-0.1, -0.05) is 0 Å². The van der Waals surface area contributed by atoms with Crippen LogP contribution in [-0.2, 0) is 25.1 Å². The van der Waals surface area contributed by atoms with Crippen LogP contribution < -0.4 is 0 Å². The van der Waals surface area contributed by atoms with Crippen molar-refractivity contribution in [2.45, 2.75) is 18.9 Å². The second kappa shape index (κ2) is 6.27. The molecule has 0 aromatic rings. The van der Waals surface area contributed by atoms with Gasteiger partial charge in [-0.3, -0.25) is 9.00 Å². The van der Waals surface area contributed by atoms with Crippen molar-refractivity contribution in [2.24, 2.45) is 0 Å². The van der Waals surface area contributed by atoms with Crippen LogP contribution in [0.1, 0.15) is 12.8 Å². The van der Waals surface area contributed by atoms with Crippen molar-refractivity contribution in [1.82, 2.24) is 0 Å². The molecule has 0 bridgehead atoms. The van der Waals surface area contributed by atoms with Gasteiger partial charge >= 0.3 is 0 Å². The van der Waals surface area contributed by atoms with Gasteiger partial charge in [0, 0.05) is 24.5 Å². The number of ketones is 1. The van der Waals surface area contributed by atoms with Crippen LogP contribution in [0.15, 0.2) is 0 Å². The maximum atomic E-state index is 11.4. The molecule has 1 saturated heterocycles. The van der Waals surface area contributed by atoms with Gasteiger partial charge in [-0.15, -0.1) is 0 Å². The van der Waals surface area contributed by atoms with E-state index in [2.05, 4.69) is 4.74 Å². The minimum atomic E-state index is -1.10. The van der Waals surface area contributed by atoms with Crippen LogP contribution in [0, 0.1) is 0 Å². The molecular formula is C9H16O4S. The first-order valence-electron chi connectivity index (χ1n) is 4.69. The average Bonchev–Trinajstić information content (AvgIpc) is 2.56. The van der Waals surface area contributed by atoms with E-state index in [1.807, 2.05) is 0 Å². The summed E-state index contributed by atoms with van der Waals surface area (Å²) >= 11 is 0. The molecule has 2 unspecified atom stereocenters. The zero-order chi connectivity index (χ0) is 10.4. The van der Waals surface area contributed by atoms with Crippen LogP contribution in [0.4, 0.5) is 0 Å². The molecule has 0 amide bonds. The number of carbonyl (C=O) groups is 1. The molecule has 0 aromatic carbocycles. The molecule has 0 spiro atoms. The van der Waals surface area contributed by atoms with E-state index in [-0.39, 0.29) is 24.2 Å². The van der Waals surface area contributed by atoms with Crippen LogP contribution in [-0.4, -0.2) is 47.9 Å². The van der Waals surface area contributed by atoms with Crippen molar-refractivity contribution in [3.8, 4) is 0 Å². The molecule has 14 heavy (non-hydrogen) atoms. The maximum Gasteiger partial charge on any atom is 0.170 e. The highest BCUT2D eigenvalue weighted by atomic mass is 32.2. The molecule has 5 heteroatoms. The van der Waals surface area contributed by atoms with Gasteiger partial charge in [-0.25, -0.2) is 0 Å². The Morgan fingerprint density at radius 1 is 1.64 bits per heavy atom. The molecule has 0 saturated carbocycles. The fourth-order valence-electron chi connectivity index (χ4n) is 1.42. The van der Waals surface area contributed by atoms with Crippen LogP contribution in [0.3, 0.4) is 0 Å². The summed E-state index contributed by atoms with van der Waals surface area (Å²) in [7, 11) is 0.363. The minimum absolute atomic E-state index is 0.0528. The topological polar surface area (TPSA) is 52.6 Å². The fraction of sp³-hybridized carbons (Fsp3) is 0.889. The Kier molecular flexibility index (Phi) is 5.29. The molecule has 4 nitrogen and oxygen atoms in total. The number of hydrogen-bond donors (Lipinski definition) is 0. The van der Waals surface area contributed by atoms with Gasteiger partial charge < -0.3 is 9.47 Å². The van der Waals surface area contributed by atoms with Crippen molar-refractivity contribution in [1.29, 1.82) is 0 Å². The number of methoxy groups -OCH3 is 1. The van der Waals surface area contributed by atoms with Gasteiger partial charge in [-0.2, -0.15) is 0 Å². The van der Waals surface area contributed by atoms with Crippen molar-refractivity contribution in [2.75, 3.05) is 31.8 Å². The largest absolute Gasteiger partial charge is 0.377 e. The Hall–Kier alpha value is -0.260. The van der Waals surface area contributed by atoms with E-state index in [9.17, 15) is 9.00 Å². The molecular weight excluding hydrogens is 204 g/mol. The van der Waals surface area contributed by atoms with E-state index in [1.165, 1.54) is 7.11 Å². The molecule has 0 radical (unpaired) electrons. The molecule has 1 rings (SSSR count). The lowest BCUT2D eigenvalue weighted by Gasteiger charge is -2.07. The van der Waals surface area contributed by atoms with E-state index < -0.39 is 10.8 Å². The summed E-state index contributed by atoms with van der Waals surface area (Å²) in [6.07, 6.45) is 2.09. The molecule has 1 aliphatic rings. The van der Waals surface area contributed by atoms with Gasteiger partial charge in [0.15, 0.2) is 5.78 Å². The molecule has 0 aliphatic carbocycles. The zero-order valence-corrected chi connectivity index (χ0v) is 9.18. The predicted octanol–water partition coefficient (Wildman–Crippen LogP) is 0.130. The molecule has 1 heterocycles. The molecule has 0 N–H and O–H groups in total. The summed E-state index contributed by atoms with van der Waals surface area (Å²) in [5, 5.41) is 0. The molecule has 1 fully saturated rings. The Balaban J connectivity index is 2.17. The molecule has 2 atom stereocenters. The third kappa shape index (κ3) is 4.30. The van der Waals surface area contributed by atoms with Crippen LogP contribution in [0.2, 0.25) is 0 Å². The summed E-state index contributed by atoms with van der Waals surface area (Å²) in [6, 6.07) is 0. The van der Waals surface area contributed by atoms with Crippen molar-refractivity contribution in [3.63, 3.8) is 0 Å². The number of carbonyl (C=O) groups excluding carboxylic acids is 1. The second-order valence-corrected chi connectivity index (χ2v) is 4.86. The quantitative estimate of drug-likeness (QED) is 0.638. The summed E-state index contributed by atoms with van der Waals surface area (Å²) in [6.45, 7) is 0.811. The first-order chi connectivity index (χ1) is 6.72. The predicted molar refractivity (Wildman–Crippen MR) is 53.7 cm³/mol. The summed E-state index contributed by atoms with van der Waals surface area (Å²) in [5.74, 6) is 0.465. The first-order valence-corrected chi connectivity index (χ1v) is 6.18. The zero-order valence-electron chi connectivity index (χ0n) is 8.36. The maximum absolute atomic E-state index is 11.4. The Bertz CT molecular complexity index is 211. The highest BCUT2D eigenvalue weighted by Gasteiger charge is 2.19. The van der Waals surface area contributed by atoms with E-state index in [0.29, 0.717) is 5.75 Å². The summed E-state index contributed by atoms with van der Waals surface area (Å²) in [4.78, 5) is 11.1. The van der Waals surface area contributed by atoms with Gasteiger partial charge in [0.1, 0.15) is 6.61 Å². The second-order valence-electron chi connectivity index (χ2n) is 3.36. The third-order valence-electron chi connectivity index (χ3n) is 2.02. The normalized spacial score (nSPS) is 23.6. The van der Waals surface area contributed by atoms with Crippen molar-refractivity contribution < 1.29 is 18.5 Å². The lowest BCUT2D eigenvalue weighted by molar-refractivity contribution is -0.120. The monoisotopic (exact) mass is 220 g/mol. The highest BCUT2D eigenvalue weighted by Crippen LogP contribution is 2.12. The summed E-state index contributed by atoms with van der Waals surface area (Å²) in [5.41, 5.74) is 0. The van der Waals surface area contributed by atoms with E-state index in [0.717, 1.165) is 19.4 Å². The van der Waals surface area contributed by atoms with Gasteiger partial charge in [0.25, 0.3) is 0 Å². The molecule has 1 aliphatic heterocycles. The smallest absolute Gasteiger partial charge is 0.170 e. The third-order valence-corrected chi connectivity index (χ3v) is 3.41. The van der Waals surface area contributed by atoms with Crippen LogP contribution in [0.5, 0.6) is 0 Å². The minimum Gasteiger partial charge on any atom is -0.377 e. The van der Waals surface area contributed by atoms with Gasteiger partial charge in [-0.05, 0) is 12.8 Å². The standard InChI is InChI=1S/C9H16O4S/c1-12-5-8(10)6-14(11)7-9-3-2-4-13-9/h9H,2-7H2,1H3. The lowest BCUT2D eigenvalue weighted by atomic mass is 10.3. The van der Waals surface area contributed by atoms with E-state index in [1.54, 1.807) is 0 Å². The van der Waals surface area contributed by atoms with Crippen molar-refractivity contribution >= 4 is 16.6 Å². The Labute approximate surface area is 86.4 Å². The summed E-state index contributed by atoms with van der Waals surface area (Å²) < 4.78 is 21.4. The van der Waals surface area contributed by atoms with Crippen LogP contribution in [0.25, 0.3) is 0 Å².